The smallest absolute Gasteiger partial charge is 0.169 e. The van der Waals surface area contributed by atoms with Crippen molar-refractivity contribution in [1.29, 1.82) is 0 Å². The van der Waals surface area contributed by atoms with Crippen molar-refractivity contribution in [2.75, 3.05) is 26.8 Å². The maximum Gasteiger partial charge on any atom is 0.169 e. The van der Waals surface area contributed by atoms with E-state index < -0.39 is 0 Å². The molecule has 0 spiro atoms. The summed E-state index contributed by atoms with van der Waals surface area (Å²) in [6.07, 6.45) is 0.948. The minimum atomic E-state index is 0.0966. The van der Waals surface area contributed by atoms with Gasteiger partial charge in [0.25, 0.3) is 0 Å². The molecule has 3 nitrogen and oxygen atoms in total. The van der Waals surface area contributed by atoms with E-state index in [0.29, 0.717) is 0 Å². The van der Waals surface area contributed by atoms with Crippen LogP contribution in [0.1, 0.15) is 30.5 Å². The van der Waals surface area contributed by atoms with E-state index in [-0.39, 0.29) is 6.04 Å². The largest absolute Gasteiger partial charge is 0.382 e. The second kappa shape index (κ2) is 10.1. The summed E-state index contributed by atoms with van der Waals surface area (Å²) in [5.41, 5.74) is 2.45. The number of nitrogens with zero attached hydrogens (tertiary/aromatic N) is 1. The summed E-state index contributed by atoms with van der Waals surface area (Å²) >= 11 is 5.60. The second-order valence-electron chi connectivity index (χ2n) is 5.62. The van der Waals surface area contributed by atoms with Crippen molar-refractivity contribution in [1.82, 2.24) is 10.2 Å². The summed E-state index contributed by atoms with van der Waals surface area (Å²) in [5.74, 6) is 0. The Morgan fingerprint density at radius 2 is 1.58 bits per heavy atom. The number of benzene rings is 2. The molecular formula is C20H26N2OS. The number of thiocarbonyl (C=S) groups is 1. The van der Waals surface area contributed by atoms with Gasteiger partial charge in [0.1, 0.15) is 0 Å². The predicted octanol–water partition coefficient (Wildman–Crippen LogP) is 4.01. The first kappa shape index (κ1) is 18.4. The normalized spacial score (nSPS) is 10.6. The van der Waals surface area contributed by atoms with E-state index >= 15 is 0 Å². The van der Waals surface area contributed by atoms with Gasteiger partial charge in [-0.3, -0.25) is 0 Å². The first-order chi connectivity index (χ1) is 11.7. The molecule has 0 heterocycles. The average molecular weight is 343 g/mol. The molecule has 0 aliphatic carbocycles. The summed E-state index contributed by atoms with van der Waals surface area (Å²) < 4.78 is 5.37. The molecule has 0 saturated carbocycles. The van der Waals surface area contributed by atoms with Crippen molar-refractivity contribution in [2.24, 2.45) is 0 Å². The lowest BCUT2D eigenvalue weighted by Crippen LogP contribution is -2.40. The Bertz CT molecular complexity index is 564. The van der Waals surface area contributed by atoms with Crippen LogP contribution < -0.4 is 5.32 Å². The van der Waals surface area contributed by atoms with Gasteiger partial charge in [-0.15, -0.1) is 0 Å². The van der Waals surface area contributed by atoms with E-state index in [2.05, 4.69) is 58.7 Å². The first-order valence-electron chi connectivity index (χ1n) is 8.42. The van der Waals surface area contributed by atoms with Crippen LogP contribution in [0.15, 0.2) is 60.7 Å². The molecule has 2 aromatic carbocycles. The van der Waals surface area contributed by atoms with Crippen LogP contribution in [0, 0.1) is 0 Å². The molecule has 0 aromatic heterocycles. The van der Waals surface area contributed by atoms with Gasteiger partial charge in [-0.1, -0.05) is 60.7 Å². The maximum absolute atomic E-state index is 5.60. The molecule has 2 aromatic rings. The van der Waals surface area contributed by atoms with Crippen molar-refractivity contribution in [3.05, 3.63) is 71.8 Å². The maximum atomic E-state index is 5.60. The van der Waals surface area contributed by atoms with Crippen molar-refractivity contribution >= 4 is 17.3 Å². The number of hydrogen-bond acceptors (Lipinski definition) is 2. The van der Waals surface area contributed by atoms with Crippen LogP contribution in [0.5, 0.6) is 0 Å². The topological polar surface area (TPSA) is 24.5 Å². The van der Waals surface area contributed by atoms with Crippen LogP contribution in [-0.2, 0) is 4.74 Å². The molecule has 24 heavy (non-hydrogen) atoms. The summed E-state index contributed by atoms with van der Waals surface area (Å²) in [7, 11) is 2.04. The molecule has 0 aliphatic rings. The molecule has 0 fully saturated rings. The molecule has 1 N–H and O–H groups in total. The van der Waals surface area contributed by atoms with Crippen LogP contribution in [-0.4, -0.2) is 36.8 Å². The Morgan fingerprint density at radius 3 is 2.08 bits per heavy atom. The van der Waals surface area contributed by atoms with Crippen LogP contribution in [0.25, 0.3) is 0 Å². The molecule has 128 valence electrons. The van der Waals surface area contributed by atoms with Crippen molar-refractivity contribution in [3.8, 4) is 0 Å². The summed E-state index contributed by atoms with van der Waals surface area (Å²) in [6, 6.07) is 21.0. The molecule has 0 unspecified atom stereocenters. The number of rotatable bonds is 8. The van der Waals surface area contributed by atoms with E-state index in [0.717, 1.165) is 31.3 Å². The summed E-state index contributed by atoms with van der Waals surface area (Å²) in [6.45, 7) is 4.35. The van der Waals surface area contributed by atoms with Gasteiger partial charge >= 0.3 is 0 Å². The Morgan fingerprint density at radius 1 is 1.04 bits per heavy atom. The fourth-order valence-corrected chi connectivity index (χ4v) is 2.87. The van der Waals surface area contributed by atoms with E-state index in [1.807, 2.05) is 26.1 Å². The summed E-state index contributed by atoms with van der Waals surface area (Å²) in [5, 5.41) is 4.09. The van der Waals surface area contributed by atoms with Crippen LogP contribution in [0.2, 0.25) is 0 Å². The minimum absolute atomic E-state index is 0.0966. The molecule has 0 aliphatic heterocycles. The van der Waals surface area contributed by atoms with Gasteiger partial charge in [0.05, 0.1) is 6.04 Å². The molecule has 2 rings (SSSR count). The molecule has 0 amide bonds. The molecule has 0 saturated heterocycles. The van der Waals surface area contributed by atoms with Gasteiger partial charge in [-0.25, -0.2) is 0 Å². The molecule has 0 radical (unpaired) electrons. The van der Waals surface area contributed by atoms with Gasteiger partial charge in [-0.05, 0) is 36.7 Å². The lowest BCUT2D eigenvalue weighted by atomic mass is 9.98. The number of nitrogens with one attached hydrogen (secondary N) is 1. The molecule has 0 atom stereocenters. The summed E-state index contributed by atoms with van der Waals surface area (Å²) in [4.78, 5) is 2.13. The average Bonchev–Trinajstić information content (AvgIpc) is 2.63. The second-order valence-corrected chi connectivity index (χ2v) is 6.00. The number of hydrogen-bond donors (Lipinski definition) is 1. The zero-order valence-corrected chi connectivity index (χ0v) is 15.3. The first-order valence-corrected chi connectivity index (χ1v) is 8.83. The van der Waals surface area contributed by atoms with Crippen molar-refractivity contribution in [2.45, 2.75) is 19.4 Å². The zero-order chi connectivity index (χ0) is 17.2. The molecular weight excluding hydrogens is 316 g/mol. The highest BCUT2D eigenvalue weighted by molar-refractivity contribution is 7.80. The fraction of sp³-hybridized carbons (Fsp3) is 0.350. The predicted molar refractivity (Wildman–Crippen MR) is 104 cm³/mol. The van der Waals surface area contributed by atoms with Gasteiger partial charge < -0.3 is 15.0 Å². The van der Waals surface area contributed by atoms with E-state index in [4.69, 9.17) is 17.0 Å². The number of ether oxygens (including phenoxy) is 1. The Hall–Kier alpha value is -1.91. The highest BCUT2D eigenvalue weighted by atomic mass is 32.1. The highest BCUT2D eigenvalue weighted by Gasteiger charge is 2.20. The third kappa shape index (κ3) is 5.32. The molecule has 4 heteroatoms. The Labute approximate surface area is 150 Å². The van der Waals surface area contributed by atoms with Crippen molar-refractivity contribution < 1.29 is 4.74 Å². The van der Waals surface area contributed by atoms with Crippen LogP contribution in [0.3, 0.4) is 0 Å². The SMILES string of the molecule is CCOCCCNC(=S)N(C)C(c1ccccc1)c1ccccc1. The van der Waals surface area contributed by atoms with Crippen LogP contribution >= 0.6 is 12.2 Å². The van der Waals surface area contributed by atoms with Crippen LogP contribution in [0.4, 0.5) is 0 Å². The quantitative estimate of drug-likeness (QED) is 0.579. The van der Waals surface area contributed by atoms with Crippen molar-refractivity contribution in [3.63, 3.8) is 0 Å². The van der Waals surface area contributed by atoms with Gasteiger partial charge in [0.2, 0.25) is 0 Å². The van der Waals surface area contributed by atoms with E-state index in [1.165, 1.54) is 11.1 Å². The van der Waals surface area contributed by atoms with Gasteiger partial charge in [-0.2, -0.15) is 0 Å². The fourth-order valence-electron chi connectivity index (χ4n) is 2.67. The Kier molecular flexibility index (Phi) is 7.72. The molecule has 0 bridgehead atoms. The minimum Gasteiger partial charge on any atom is -0.382 e. The van der Waals surface area contributed by atoms with Gasteiger partial charge in [0.15, 0.2) is 5.11 Å². The lowest BCUT2D eigenvalue weighted by Gasteiger charge is -2.31. The zero-order valence-electron chi connectivity index (χ0n) is 14.4. The van der Waals surface area contributed by atoms with Gasteiger partial charge in [0, 0.05) is 26.8 Å². The highest BCUT2D eigenvalue weighted by Crippen LogP contribution is 2.27. The third-order valence-corrected chi connectivity index (χ3v) is 4.32. The standard InChI is InChI=1S/C20H26N2OS/c1-3-23-16-10-15-21-20(24)22(2)19(17-11-6-4-7-12-17)18-13-8-5-9-14-18/h4-9,11-14,19H,3,10,15-16H2,1-2H3,(H,21,24). The third-order valence-electron chi connectivity index (χ3n) is 3.88. The van der Waals surface area contributed by atoms with E-state index in [9.17, 15) is 0 Å². The lowest BCUT2D eigenvalue weighted by molar-refractivity contribution is 0.145. The Balaban J connectivity index is 2.08. The van der Waals surface area contributed by atoms with E-state index in [1.54, 1.807) is 0 Å². The monoisotopic (exact) mass is 342 g/mol.